The fourth-order valence-electron chi connectivity index (χ4n) is 0.633. The SMILES string of the molecule is CCOC(=O)C(N=[N-])C(=O)OCC. The molecule has 0 aromatic rings. The van der Waals surface area contributed by atoms with Gasteiger partial charge in [0.15, 0.2) is 0 Å². The van der Waals surface area contributed by atoms with Gasteiger partial charge in [0, 0.05) is 0 Å². The molecule has 6 heteroatoms. The Hall–Kier alpha value is -1.46. The van der Waals surface area contributed by atoms with Crippen LogP contribution in [0.5, 0.6) is 0 Å². The first-order valence-corrected chi connectivity index (χ1v) is 3.84. The minimum atomic E-state index is -1.58. The van der Waals surface area contributed by atoms with Crippen LogP contribution in [0.25, 0.3) is 5.53 Å². The van der Waals surface area contributed by atoms with Gasteiger partial charge in [-0.3, -0.25) is 0 Å². The number of rotatable bonds is 5. The van der Waals surface area contributed by atoms with Crippen LogP contribution < -0.4 is 0 Å². The number of esters is 2. The first-order valence-electron chi connectivity index (χ1n) is 3.84. The Kier molecular flexibility index (Phi) is 5.42. The van der Waals surface area contributed by atoms with Gasteiger partial charge in [0.25, 0.3) is 0 Å². The molecular weight excluding hydrogens is 176 g/mol. The van der Waals surface area contributed by atoms with Crippen LogP contribution in [-0.4, -0.2) is 31.2 Å². The van der Waals surface area contributed by atoms with E-state index < -0.39 is 18.0 Å². The van der Waals surface area contributed by atoms with Crippen LogP contribution >= 0.6 is 0 Å². The van der Waals surface area contributed by atoms with Gasteiger partial charge in [-0.15, -0.1) is 0 Å². The summed E-state index contributed by atoms with van der Waals surface area (Å²) < 4.78 is 8.94. The van der Waals surface area contributed by atoms with E-state index in [4.69, 9.17) is 5.53 Å². The van der Waals surface area contributed by atoms with Gasteiger partial charge < -0.3 is 20.1 Å². The Labute approximate surface area is 75.7 Å². The molecule has 0 aliphatic rings. The second kappa shape index (κ2) is 6.10. The zero-order chi connectivity index (χ0) is 10.3. The van der Waals surface area contributed by atoms with Gasteiger partial charge in [-0.2, -0.15) is 0 Å². The molecule has 0 aliphatic carbocycles. The first kappa shape index (κ1) is 11.5. The third-order valence-corrected chi connectivity index (χ3v) is 1.14. The molecule has 0 saturated carbocycles. The van der Waals surface area contributed by atoms with Gasteiger partial charge >= 0.3 is 11.9 Å². The smallest absolute Gasteiger partial charge is 0.340 e. The van der Waals surface area contributed by atoms with Crippen molar-refractivity contribution < 1.29 is 19.1 Å². The van der Waals surface area contributed by atoms with Crippen LogP contribution in [-0.2, 0) is 19.1 Å². The molecule has 0 amide bonds. The van der Waals surface area contributed by atoms with Crippen molar-refractivity contribution in [1.82, 2.24) is 0 Å². The molecule has 0 aromatic heterocycles. The van der Waals surface area contributed by atoms with Gasteiger partial charge in [-0.25, -0.2) is 9.59 Å². The third kappa shape index (κ3) is 3.64. The van der Waals surface area contributed by atoms with Gasteiger partial charge in [-0.05, 0) is 13.8 Å². The summed E-state index contributed by atoms with van der Waals surface area (Å²) in [6.45, 7) is 3.39. The summed E-state index contributed by atoms with van der Waals surface area (Å²) in [6.07, 6.45) is 0. The van der Waals surface area contributed by atoms with E-state index in [2.05, 4.69) is 14.6 Å². The minimum Gasteiger partial charge on any atom is -0.711 e. The minimum absolute atomic E-state index is 0.115. The molecule has 0 spiro atoms. The van der Waals surface area contributed by atoms with Crippen molar-refractivity contribution >= 4 is 11.9 Å². The zero-order valence-corrected chi connectivity index (χ0v) is 7.52. The molecule has 0 heterocycles. The van der Waals surface area contributed by atoms with E-state index in [-0.39, 0.29) is 13.2 Å². The summed E-state index contributed by atoms with van der Waals surface area (Å²) in [5.41, 5.74) is 8.34. The van der Waals surface area contributed by atoms with E-state index >= 15 is 0 Å². The lowest BCUT2D eigenvalue weighted by molar-refractivity contribution is -0.156. The molecule has 0 bridgehead atoms. The van der Waals surface area contributed by atoms with Crippen LogP contribution in [0.15, 0.2) is 5.11 Å². The fraction of sp³-hybridized carbons (Fsp3) is 0.714. The Morgan fingerprint density at radius 2 is 1.62 bits per heavy atom. The van der Waals surface area contributed by atoms with Crippen LogP contribution in [0.3, 0.4) is 0 Å². The van der Waals surface area contributed by atoms with Crippen molar-refractivity contribution in [3.8, 4) is 0 Å². The maximum Gasteiger partial charge on any atom is 0.340 e. The topological polar surface area (TPSA) is 87.3 Å². The first-order chi connectivity index (χ1) is 6.17. The lowest BCUT2D eigenvalue weighted by Gasteiger charge is -2.11. The van der Waals surface area contributed by atoms with E-state index in [0.29, 0.717) is 0 Å². The molecule has 0 atom stereocenters. The second-order valence-corrected chi connectivity index (χ2v) is 2.02. The highest BCUT2D eigenvalue weighted by molar-refractivity contribution is 5.99. The van der Waals surface area contributed by atoms with Gasteiger partial charge in [0.2, 0.25) is 6.04 Å². The maximum absolute atomic E-state index is 10.9. The molecule has 0 N–H and O–H groups in total. The molecule has 0 fully saturated rings. The monoisotopic (exact) mass is 187 g/mol. The standard InChI is InChI=1S/C7H11N2O4/c1-3-12-6(10)5(9-8)7(11)13-4-2/h5H,3-4H2,1-2H3/q-1. The molecule has 0 aromatic carbocycles. The number of carbonyl (C=O) groups is 2. The summed E-state index contributed by atoms with van der Waals surface area (Å²) in [4.78, 5) is 21.8. The van der Waals surface area contributed by atoms with Crippen LogP contribution in [0.4, 0.5) is 0 Å². The Balaban J connectivity index is 4.23. The predicted octanol–water partition coefficient (Wildman–Crippen LogP) is 0.503. The normalized spacial score (nSPS) is 9.46. The van der Waals surface area contributed by atoms with Crippen molar-refractivity contribution in [3.63, 3.8) is 0 Å². The van der Waals surface area contributed by atoms with E-state index in [9.17, 15) is 9.59 Å². The van der Waals surface area contributed by atoms with Crippen molar-refractivity contribution in [3.05, 3.63) is 5.53 Å². The molecule has 0 aliphatic heterocycles. The molecule has 0 saturated heterocycles. The van der Waals surface area contributed by atoms with Gasteiger partial charge in [0.1, 0.15) is 0 Å². The van der Waals surface area contributed by atoms with E-state index in [1.807, 2.05) is 0 Å². The average Bonchev–Trinajstić information content (AvgIpc) is 2.06. The highest BCUT2D eigenvalue weighted by atomic mass is 16.6. The fourth-order valence-corrected chi connectivity index (χ4v) is 0.633. The van der Waals surface area contributed by atoms with Gasteiger partial charge in [0.05, 0.1) is 13.2 Å². The summed E-state index contributed by atoms with van der Waals surface area (Å²) >= 11 is 0. The highest BCUT2D eigenvalue weighted by Crippen LogP contribution is 1.98. The van der Waals surface area contributed by atoms with Crippen LogP contribution in [0.2, 0.25) is 0 Å². The zero-order valence-electron chi connectivity index (χ0n) is 7.52. The lowest BCUT2D eigenvalue weighted by Crippen LogP contribution is -2.31. The number of ether oxygens (including phenoxy) is 2. The summed E-state index contributed by atoms with van der Waals surface area (Å²) in [7, 11) is 0. The lowest BCUT2D eigenvalue weighted by atomic mass is 10.3. The van der Waals surface area contributed by atoms with Crippen molar-refractivity contribution in [2.24, 2.45) is 5.11 Å². The predicted molar refractivity (Wildman–Crippen MR) is 42.8 cm³/mol. The van der Waals surface area contributed by atoms with E-state index in [1.165, 1.54) is 0 Å². The molecular formula is C7H11N2O4-. The van der Waals surface area contributed by atoms with Crippen molar-refractivity contribution in [1.29, 1.82) is 0 Å². The van der Waals surface area contributed by atoms with E-state index in [1.54, 1.807) is 13.8 Å². The highest BCUT2D eigenvalue weighted by Gasteiger charge is 2.25. The van der Waals surface area contributed by atoms with Crippen LogP contribution in [0, 0.1) is 0 Å². The molecule has 6 nitrogen and oxygen atoms in total. The number of hydrogen-bond acceptors (Lipinski definition) is 5. The van der Waals surface area contributed by atoms with Gasteiger partial charge in [-0.1, -0.05) is 0 Å². The summed E-state index contributed by atoms with van der Waals surface area (Å²) in [5.74, 6) is -1.83. The Morgan fingerprint density at radius 1 is 1.23 bits per heavy atom. The molecule has 0 unspecified atom stereocenters. The molecule has 0 rings (SSSR count). The third-order valence-electron chi connectivity index (χ3n) is 1.14. The molecule has 74 valence electrons. The second-order valence-electron chi connectivity index (χ2n) is 2.02. The Morgan fingerprint density at radius 3 is 1.85 bits per heavy atom. The largest absolute Gasteiger partial charge is 0.711 e. The average molecular weight is 187 g/mol. The maximum atomic E-state index is 10.9. The van der Waals surface area contributed by atoms with Crippen molar-refractivity contribution in [2.75, 3.05) is 13.2 Å². The number of nitrogens with zero attached hydrogens (tertiary/aromatic N) is 2. The molecule has 13 heavy (non-hydrogen) atoms. The summed E-state index contributed by atoms with van der Waals surface area (Å²) in [6, 6.07) is -1.58. The van der Waals surface area contributed by atoms with E-state index in [0.717, 1.165) is 0 Å². The summed E-state index contributed by atoms with van der Waals surface area (Å²) in [5, 5.41) is 2.58. The van der Waals surface area contributed by atoms with Crippen molar-refractivity contribution in [2.45, 2.75) is 19.9 Å². The quantitative estimate of drug-likeness (QED) is 0.356. The van der Waals surface area contributed by atoms with Crippen LogP contribution in [0.1, 0.15) is 13.8 Å². The number of carbonyl (C=O) groups excluding carboxylic acids is 2. The molecule has 0 radical (unpaired) electrons. The number of hydrogen-bond donors (Lipinski definition) is 0. The Bertz CT molecular complexity index is 187.